The maximum atomic E-state index is 12.5. The van der Waals surface area contributed by atoms with Gasteiger partial charge in [-0.1, -0.05) is 23.7 Å². The molecule has 3 aromatic heterocycles. The van der Waals surface area contributed by atoms with Crippen molar-refractivity contribution in [2.45, 2.75) is 13.8 Å². The number of aromatic nitrogens is 3. The van der Waals surface area contributed by atoms with Gasteiger partial charge in [0.2, 0.25) is 5.89 Å². The molecule has 0 aliphatic carbocycles. The summed E-state index contributed by atoms with van der Waals surface area (Å²) in [5.74, 6) is 0.833. The Kier molecular flexibility index (Phi) is 3.66. The van der Waals surface area contributed by atoms with Gasteiger partial charge in [0.05, 0.1) is 10.9 Å². The number of fused-ring (bicyclic) bond motifs is 1. The lowest BCUT2D eigenvalue weighted by Crippen LogP contribution is -2.07. The molecule has 0 amide bonds. The Bertz CT molecular complexity index is 1150. The molecule has 0 saturated carbocycles. The van der Waals surface area contributed by atoms with Gasteiger partial charge < -0.3 is 4.42 Å². The van der Waals surface area contributed by atoms with Crippen molar-refractivity contribution >= 4 is 22.5 Å². The minimum absolute atomic E-state index is 0.210. The van der Waals surface area contributed by atoms with Gasteiger partial charge >= 0.3 is 5.63 Å². The van der Waals surface area contributed by atoms with E-state index in [0.717, 1.165) is 11.1 Å². The highest BCUT2D eigenvalue weighted by Crippen LogP contribution is 2.28. The zero-order valence-electron chi connectivity index (χ0n) is 13.7. The van der Waals surface area contributed by atoms with Crippen molar-refractivity contribution in [1.29, 1.82) is 0 Å². The lowest BCUT2D eigenvalue weighted by molar-refractivity contribution is 0.514. The van der Waals surface area contributed by atoms with Gasteiger partial charge in [0, 0.05) is 6.20 Å². The first-order valence-corrected chi connectivity index (χ1v) is 8.13. The van der Waals surface area contributed by atoms with Crippen molar-refractivity contribution in [1.82, 2.24) is 14.5 Å². The molecular weight excluding hydrogens is 338 g/mol. The number of benzene rings is 1. The van der Waals surface area contributed by atoms with Crippen molar-refractivity contribution in [3.8, 4) is 17.4 Å². The van der Waals surface area contributed by atoms with Gasteiger partial charge in [-0.3, -0.25) is 4.57 Å². The summed E-state index contributed by atoms with van der Waals surface area (Å²) < 4.78 is 7.18. The fraction of sp³-hybridized carbons (Fsp3) is 0.105. The predicted octanol–water partition coefficient (Wildman–Crippen LogP) is 4.31. The average Bonchev–Trinajstić information content (AvgIpc) is 2.98. The van der Waals surface area contributed by atoms with Crippen LogP contribution in [0.1, 0.15) is 11.1 Å². The highest BCUT2D eigenvalue weighted by molar-refractivity contribution is 6.30. The van der Waals surface area contributed by atoms with Crippen molar-refractivity contribution in [2.24, 2.45) is 0 Å². The molecule has 0 atom stereocenters. The van der Waals surface area contributed by atoms with Gasteiger partial charge in [-0.2, -0.15) is 0 Å². The molecule has 6 heteroatoms. The SMILES string of the molecule is Cc1cc(C)c2nc(-c3ccc(Cl)n3-c3ccccn3)oc(=O)c2c1. The Labute approximate surface area is 148 Å². The quantitative estimate of drug-likeness (QED) is 0.540. The van der Waals surface area contributed by atoms with Gasteiger partial charge in [0.1, 0.15) is 16.7 Å². The van der Waals surface area contributed by atoms with E-state index in [-0.39, 0.29) is 5.89 Å². The summed E-state index contributed by atoms with van der Waals surface area (Å²) >= 11 is 6.31. The molecule has 0 unspecified atom stereocenters. The molecule has 5 nitrogen and oxygen atoms in total. The highest BCUT2D eigenvalue weighted by Gasteiger charge is 2.17. The second-order valence-electron chi connectivity index (χ2n) is 5.85. The van der Waals surface area contributed by atoms with Gasteiger partial charge in [-0.15, -0.1) is 0 Å². The molecule has 0 radical (unpaired) electrons. The van der Waals surface area contributed by atoms with Crippen molar-refractivity contribution in [3.63, 3.8) is 0 Å². The standard InChI is InChI=1S/C19H14ClN3O2/c1-11-9-12(2)17-13(10-11)19(24)25-18(22-17)14-6-7-15(20)23(14)16-5-3-4-8-21-16/h3-10H,1-2H3. The van der Waals surface area contributed by atoms with Gasteiger partial charge in [0.25, 0.3) is 0 Å². The Morgan fingerprint density at radius 2 is 1.96 bits per heavy atom. The van der Waals surface area contributed by atoms with E-state index in [1.165, 1.54) is 0 Å². The fourth-order valence-corrected chi connectivity index (χ4v) is 3.18. The van der Waals surface area contributed by atoms with E-state index >= 15 is 0 Å². The lowest BCUT2D eigenvalue weighted by Gasteiger charge is -2.09. The second-order valence-corrected chi connectivity index (χ2v) is 6.24. The first kappa shape index (κ1) is 15.6. The number of hydrogen-bond donors (Lipinski definition) is 0. The molecule has 1 aromatic carbocycles. The molecule has 4 rings (SSSR count). The van der Waals surface area contributed by atoms with Crippen LogP contribution in [0.3, 0.4) is 0 Å². The smallest absolute Gasteiger partial charge is 0.347 e. The average molecular weight is 352 g/mol. The van der Waals surface area contributed by atoms with E-state index in [1.807, 2.05) is 38.1 Å². The Morgan fingerprint density at radius 3 is 2.72 bits per heavy atom. The molecule has 0 aliphatic heterocycles. The van der Waals surface area contributed by atoms with Crippen molar-refractivity contribution < 1.29 is 4.42 Å². The first-order valence-electron chi connectivity index (χ1n) is 7.76. The molecule has 3 heterocycles. The third-order valence-corrected chi connectivity index (χ3v) is 4.29. The molecule has 0 aliphatic rings. The first-order chi connectivity index (χ1) is 12.0. The third kappa shape index (κ3) is 2.62. The Hall–Kier alpha value is -2.92. The zero-order valence-corrected chi connectivity index (χ0v) is 14.4. The van der Waals surface area contributed by atoms with Crippen molar-refractivity contribution in [2.75, 3.05) is 0 Å². The van der Waals surface area contributed by atoms with E-state index in [9.17, 15) is 4.79 Å². The lowest BCUT2D eigenvalue weighted by atomic mass is 10.1. The number of hydrogen-bond acceptors (Lipinski definition) is 4. The largest absolute Gasteiger partial charge is 0.401 e. The molecular formula is C19H14ClN3O2. The summed E-state index contributed by atoms with van der Waals surface area (Å²) in [6.45, 7) is 3.86. The summed E-state index contributed by atoms with van der Waals surface area (Å²) in [4.78, 5) is 21.4. The van der Waals surface area contributed by atoms with Crippen LogP contribution in [-0.2, 0) is 0 Å². The summed E-state index contributed by atoms with van der Waals surface area (Å²) in [5, 5.41) is 0.933. The Balaban J connectivity index is 2.00. The van der Waals surface area contributed by atoms with Crippen LogP contribution in [0.15, 0.2) is 57.9 Å². The molecule has 0 spiro atoms. The van der Waals surface area contributed by atoms with Crippen LogP contribution in [0.4, 0.5) is 0 Å². The fourth-order valence-electron chi connectivity index (χ4n) is 2.94. The van der Waals surface area contributed by atoms with Crippen LogP contribution in [0.2, 0.25) is 5.15 Å². The van der Waals surface area contributed by atoms with Gasteiger partial charge in [-0.05, 0) is 55.3 Å². The number of nitrogens with zero attached hydrogens (tertiary/aromatic N) is 3. The highest BCUT2D eigenvalue weighted by atomic mass is 35.5. The van der Waals surface area contributed by atoms with E-state index in [1.54, 1.807) is 29.0 Å². The summed E-state index contributed by atoms with van der Waals surface area (Å²) in [6, 6.07) is 12.8. The normalized spacial score (nSPS) is 11.2. The number of rotatable bonds is 2. The molecule has 0 saturated heterocycles. The molecule has 4 aromatic rings. The number of aryl methyl sites for hydroxylation is 2. The maximum Gasteiger partial charge on any atom is 0.347 e. The summed E-state index contributed by atoms with van der Waals surface area (Å²) in [6.07, 6.45) is 1.67. The van der Waals surface area contributed by atoms with Crippen LogP contribution in [0.5, 0.6) is 0 Å². The van der Waals surface area contributed by atoms with E-state index in [0.29, 0.717) is 27.6 Å². The molecule has 0 N–H and O–H groups in total. The van der Waals surface area contributed by atoms with Gasteiger partial charge in [0.15, 0.2) is 0 Å². The topological polar surface area (TPSA) is 60.9 Å². The minimum Gasteiger partial charge on any atom is -0.401 e. The van der Waals surface area contributed by atoms with Crippen molar-refractivity contribution in [3.05, 3.63) is 75.4 Å². The summed E-state index contributed by atoms with van der Waals surface area (Å²) in [7, 11) is 0. The van der Waals surface area contributed by atoms with Gasteiger partial charge in [-0.25, -0.2) is 14.8 Å². The molecule has 0 bridgehead atoms. The van der Waals surface area contributed by atoms with Crippen LogP contribution in [-0.4, -0.2) is 14.5 Å². The maximum absolute atomic E-state index is 12.5. The molecule has 0 fully saturated rings. The third-order valence-electron chi connectivity index (χ3n) is 4.00. The van der Waals surface area contributed by atoms with Crippen LogP contribution in [0, 0.1) is 13.8 Å². The number of halogens is 1. The number of pyridine rings is 1. The van der Waals surface area contributed by atoms with Crippen LogP contribution < -0.4 is 5.63 Å². The van der Waals surface area contributed by atoms with Crippen LogP contribution >= 0.6 is 11.6 Å². The van der Waals surface area contributed by atoms with E-state index < -0.39 is 5.63 Å². The zero-order chi connectivity index (χ0) is 17.6. The predicted molar refractivity (Wildman–Crippen MR) is 97.3 cm³/mol. The monoisotopic (exact) mass is 351 g/mol. The molecule has 25 heavy (non-hydrogen) atoms. The summed E-state index contributed by atoms with van der Waals surface area (Å²) in [5.41, 5.74) is 2.69. The second kappa shape index (κ2) is 5.86. The Morgan fingerprint density at radius 1 is 1.12 bits per heavy atom. The van der Waals surface area contributed by atoms with E-state index in [2.05, 4.69) is 9.97 Å². The minimum atomic E-state index is -0.420. The molecule has 124 valence electrons. The van der Waals surface area contributed by atoms with Crippen LogP contribution in [0.25, 0.3) is 28.3 Å². The van der Waals surface area contributed by atoms with E-state index in [4.69, 9.17) is 16.0 Å².